The summed E-state index contributed by atoms with van der Waals surface area (Å²) in [6.45, 7) is 0. The predicted octanol–water partition coefficient (Wildman–Crippen LogP) is 5.23. The van der Waals surface area contributed by atoms with Crippen LogP contribution in [0.25, 0.3) is 28.0 Å². The van der Waals surface area contributed by atoms with Crippen molar-refractivity contribution in [3.63, 3.8) is 0 Å². The molecule has 0 radical (unpaired) electrons. The van der Waals surface area contributed by atoms with E-state index in [2.05, 4.69) is 0 Å². The minimum atomic E-state index is -0.504. The number of esters is 1. The molecule has 4 aromatic rings. The number of furan rings is 1. The lowest BCUT2D eigenvalue weighted by atomic mass is 10.1. The summed E-state index contributed by atoms with van der Waals surface area (Å²) in [6, 6.07) is 16.5. The topological polar surface area (TPSA) is 67.1 Å². The molecule has 0 unspecified atom stereocenters. The third-order valence-electron chi connectivity index (χ3n) is 4.67. The van der Waals surface area contributed by atoms with E-state index in [0.717, 1.165) is 21.9 Å². The van der Waals surface area contributed by atoms with Crippen molar-refractivity contribution in [2.75, 3.05) is 21.3 Å². The molecule has 1 aromatic heterocycles. The average Bonchev–Trinajstić information content (AvgIpc) is 3.14. The summed E-state index contributed by atoms with van der Waals surface area (Å²) in [5.74, 6) is 1.43. The van der Waals surface area contributed by atoms with Gasteiger partial charge in [0.1, 0.15) is 16.9 Å². The van der Waals surface area contributed by atoms with Crippen molar-refractivity contribution in [1.82, 2.24) is 0 Å². The van der Waals surface area contributed by atoms with Crippen LogP contribution < -0.4 is 18.9 Å². The highest BCUT2D eigenvalue weighted by Crippen LogP contribution is 2.38. The second-order valence-electron chi connectivity index (χ2n) is 6.47. The molecule has 0 bridgehead atoms. The van der Waals surface area contributed by atoms with Crippen molar-refractivity contribution in [2.45, 2.75) is 0 Å². The van der Waals surface area contributed by atoms with Crippen LogP contribution >= 0.6 is 0 Å². The lowest BCUT2D eigenvalue weighted by Crippen LogP contribution is -2.03. The van der Waals surface area contributed by atoms with Gasteiger partial charge < -0.3 is 23.4 Å². The number of carbonyl (C=O) groups is 1. The highest BCUT2D eigenvalue weighted by Gasteiger charge is 2.13. The molecule has 6 heteroatoms. The van der Waals surface area contributed by atoms with Gasteiger partial charge in [0.25, 0.3) is 0 Å². The Hall–Kier alpha value is -3.93. The van der Waals surface area contributed by atoms with E-state index in [1.165, 1.54) is 27.4 Å². The Morgan fingerprint density at radius 1 is 0.833 bits per heavy atom. The van der Waals surface area contributed by atoms with Gasteiger partial charge in [-0.1, -0.05) is 18.2 Å². The number of para-hydroxylation sites is 1. The molecule has 6 nitrogen and oxygen atoms in total. The van der Waals surface area contributed by atoms with E-state index in [9.17, 15) is 4.79 Å². The van der Waals surface area contributed by atoms with E-state index in [1.807, 2.05) is 24.3 Å². The largest absolute Gasteiger partial charge is 0.493 e. The maximum Gasteiger partial charge on any atom is 0.336 e. The number of carbonyl (C=O) groups excluding carboxylic acids is 1. The van der Waals surface area contributed by atoms with Crippen molar-refractivity contribution >= 4 is 34.0 Å². The SMILES string of the molecule is COc1cc(/C=C/C(=O)Oc2ccc3oc4ccccc4c3c2)cc(OC)c1OC. The molecule has 0 saturated carbocycles. The summed E-state index contributed by atoms with van der Waals surface area (Å²) < 4.78 is 27.2. The molecule has 152 valence electrons. The van der Waals surface area contributed by atoms with Gasteiger partial charge >= 0.3 is 5.97 Å². The molecule has 0 spiro atoms. The number of methoxy groups -OCH3 is 3. The number of fused-ring (bicyclic) bond motifs is 3. The Kier molecular flexibility index (Phi) is 5.30. The molecule has 0 aliphatic heterocycles. The van der Waals surface area contributed by atoms with Crippen LogP contribution in [0.15, 0.2) is 65.1 Å². The quantitative estimate of drug-likeness (QED) is 0.249. The van der Waals surface area contributed by atoms with E-state index in [0.29, 0.717) is 28.6 Å². The van der Waals surface area contributed by atoms with Gasteiger partial charge in [0.15, 0.2) is 11.5 Å². The van der Waals surface area contributed by atoms with Crippen LogP contribution in [-0.2, 0) is 4.79 Å². The number of hydrogen-bond donors (Lipinski definition) is 0. The molecule has 0 N–H and O–H groups in total. The zero-order valence-corrected chi connectivity index (χ0v) is 16.8. The number of benzene rings is 3. The van der Waals surface area contributed by atoms with Gasteiger partial charge in [-0.3, -0.25) is 0 Å². The smallest absolute Gasteiger partial charge is 0.336 e. The fourth-order valence-corrected chi connectivity index (χ4v) is 3.28. The average molecular weight is 404 g/mol. The zero-order chi connectivity index (χ0) is 21.1. The lowest BCUT2D eigenvalue weighted by molar-refractivity contribution is -0.128. The van der Waals surface area contributed by atoms with E-state index in [1.54, 1.807) is 36.4 Å². The van der Waals surface area contributed by atoms with E-state index in [-0.39, 0.29) is 0 Å². The summed E-state index contributed by atoms with van der Waals surface area (Å²) in [4.78, 5) is 12.3. The molecule has 4 rings (SSSR count). The highest BCUT2D eigenvalue weighted by molar-refractivity contribution is 6.05. The Balaban J connectivity index is 1.56. The minimum Gasteiger partial charge on any atom is -0.493 e. The molecule has 0 amide bonds. The first-order chi connectivity index (χ1) is 14.6. The van der Waals surface area contributed by atoms with Crippen LogP contribution in [0.1, 0.15) is 5.56 Å². The molecule has 3 aromatic carbocycles. The van der Waals surface area contributed by atoms with Gasteiger partial charge in [-0.05, 0) is 48.0 Å². The summed E-state index contributed by atoms with van der Waals surface area (Å²) in [7, 11) is 4.61. The zero-order valence-electron chi connectivity index (χ0n) is 16.8. The number of rotatable bonds is 6. The molecule has 0 saturated heterocycles. The first kappa shape index (κ1) is 19.4. The molecule has 0 aliphatic rings. The summed E-state index contributed by atoms with van der Waals surface area (Å²) >= 11 is 0. The Labute approximate surface area is 173 Å². The monoisotopic (exact) mass is 404 g/mol. The summed E-state index contributed by atoms with van der Waals surface area (Å²) in [5.41, 5.74) is 2.24. The molecular weight excluding hydrogens is 384 g/mol. The van der Waals surface area contributed by atoms with Crippen LogP contribution in [0, 0.1) is 0 Å². The standard InChI is InChI=1S/C24H20O6/c1-26-21-12-15(13-22(27-2)24(21)28-3)8-11-23(25)29-16-9-10-20-18(14-16)17-6-4-5-7-19(17)30-20/h4-14H,1-3H3/b11-8+. The second-order valence-corrected chi connectivity index (χ2v) is 6.47. The lowest BCUT2D eigenvalue weighted by Gasteiger charge is -2.12. The van der Waals surface area contributed by atoms with Crippen LogP contribution in [0.4, 0.5) is 0 Å². The van der Waals surface area contributed by atoms with Crippen molar-refractivity contribution in [2.24, 2.45) is 0 Å². The Morgan fingerprint density at radius 2 is 1.53 bits per heavy atom. The van der Waals surface area contributed by atoms with Gasteiger partial charge in [0, 0.05) is 16.8 Å². The third-order valence-corrected chi connectivity index (χ3v) is 4.67. The maximum atomic E-state index is 12.3. The van der Waals surface area contributed by atoms with E-state index >= 15 is 0 Å². The molecule has 30 heavy (non-hydrogen) atoms. The van der Waals surface area contributed by atoms with Gasteiger partial charge in [0.05, 0.1) is 21.3 Å². The van der Waals surface area contributed by atoms with Gasteiger partial charge in [-0.2, -0.15) is 0 Å². The third kappa shape index (κ3) is 3.67. The first-order valence-electron chi connectivity index (χ1n) is 9.24. The summed E-state index contributed by atoms with van der Waals surface area (Å²) in [5, 5.41) is 1.86. The van der Waals surface area contributed by atoms with E-state index < -0.39 is 5.97 Å². The highest BCUT2D eigenvalue weighted by atomic mass is 16.5. The van der Waals surface area contributed by atoms with Crippen LogP contribution in [-0.4, -0.2) is 27.3 Å². The van der Waals surface area contributed by atoms with Gasteiger partial charge in [-0.15, -0.1) is 0 Å². The maximum absolute atomic E-state index is 12.3. The summed E-state index contributed by atoms with van der Waals surface area (Å²) in [6.07, 6.45) is 2.97. The van der Waals surface area contributed by atoms with Crippen molar-refractivity contribution in [3.05, 3.63) is 66.2 Å². The van der Waals surface area contributed by atoms with Gasteiger partial charge in [0.2, 0.25) is 5.75 Å². The van der Waals surface area contributed by atoms with E-state index in [4.69, 9.17) is 23.4 Å². The first-order valence-corrected chi connectivity index (χ1v) is 9.24. The predicted molar refractivity (Wildman–Crippen MR) is 114 cm³/mol. The fraction of sp³-hybridized carbons (Fsp3) is 0.125. The Morgan fingerprint density at radius 3 is 2.23 bits per heavy atom. The van der Waals surface area contributed by atoms with Crippen molar-refractivity contribution in [1.29, 1.82) is 0 Å². The molecule has 0 atom stereocenters. The van der Waals surface area contributed by atoms with Crippen LogP contribution in [0.2, 0.25) is 0 Å². The normalized spacial score (nSPS) is 11.2. The van der Waals surface area contributed by atoms with Crippen molar-refractivity contribution in [3.8, 4) is 23.0 Å². The second kappa shape index (κ2) is 8.21. The molecule has 0 aliphatic carbocycles. The molecule has 1 heterocycles. The number of ether oxygens (including phenoxy) is 4. The van der Waals surface area contributed by atoms with Crippen molar-refractivity contribution < 1.29 is 28.2 Å². The van der Waals surface area contributed by atoms with Gasteiger partial charge in [-0.25, -0.2) is 4.79 Å². The molecular formula is C24H20O6. The molecule has 0 fully saturated rings. The van der Waals surface area contributed by atoms with Crippen LogP contribution in [0.5, 0.6) is 23.0 Å². The Bertz CT molecular complexity index is 1230. The number of hydrogen-bond acceptors (Lipinski definition) is 6. The fourth-order valence-electron chi connectivity index (χ4n) is 3.28. The van der Waals surface area contributed by atoms with Crippen LogP contribution in [0.3, 0.4) is 0 Å². The minimum absolute atomic E-state index is 0.439.